The number of ether oxygens (including phenoxy) is 2. The van der Waals surface area contributed by atoms with Crippen molar-refractivity contribution in [2.75, 3.05) is 13.2 Å². The summed E-state index contributed by atoms with van der Waals surface area (Å²) >= 11 is 0. The number of rotatable bonds is 9. The summed E-state index contributed by atoms with van der Waals surface area (Å²) < 4.78 is 12.0. The molecule has 0 unspecified atom stereocenters. The Hall–Kier alpha value is -3.54. The van der Waals surface area contributed by atoms with Crippen LogP contribution in [0.5, 0.6) is 11.5 Å². The number of hydrogen-bond donors (Lipinski definition) is 1. The molecule has 0 saturated carbocycles. The molecule has 3 rings (SSSR count). The highest BCUT2D eigenvalue weighted by Crippen LogP contribution is 2.35. The smallest absolute Gasteiger partial charge is 0.328 e. The Bertz CT molecular complexity index is 967. The third-order valence-corrected chi connectivity index (χ3v) is 4.63. The number of nitrogens with one attached hydrogen (secondary N) is 1. The number of amides is 3. The minimum absolute atomic E-state index is 0.242. The van der Waals surface area contributed by atoms with E-state index in [0.717, 1.165) is 21.6 Å². The lowest BCUT2D eigenvalue weighted by atomic mass is 10.0. The molecule has 1 fully saturated rings. The quantitative estimate of drug-likeness (QED) is 0.383. The maximum atomic E-state index is 12.4. The van der Waals surface area contributed by atoms with Gasteiger partial charge in [0, 0.05) is 12.1 Å². The summed E-state index contributed by atoms with van der Waals surface area (Å²) in [6.45, 7) is 8.69. The van der Waals surface area contributed by atoms with Crippen LogP contribution in [0, 0.1) is 0 Å². The van der Waals surface area contributed by atoms with Crippen molar-refractivity contribution in [1.82, 2.24) is 10.2 Å². The molecule has 0 aliphatic carbocycles. The van der Waals surface area contributed by atoms with Crippen molar-refractivity contribution >= 4 is 18.0 Å². The van der Waals surface area contributed by atoms with Gasteiger partial charge < -0.3 is 14.8 Å². The fraction of sp³-hybridized carbons (Fsp3) is 0.250. The Labute approximate surface area is 176 Å². The van der Waals surface area contributed by atoms with E-state index in [1.807, 2.05) is 49.4 Å². The number of imide groups is 1. The Morgan fingerprint density at radius 3 is 2.50 bits per heavy atom. The maximum Gasteiger partial charge on any atom is 0.328 e. The van der Waals surface area contributed by atoms with Crippen LogP contribution < -0.4 is 14.8 Å². The number of likely N-dealkylation sites (N-methyl/N-ethyl adjacent to an activating group) is 1. The van der Waals surface area contributed by atoms with E-state index in [1.54, 1.807) is 19.1 Å². The number of allylic oxidation sites excluding steroid dienone is 1. The van der Waals surface area contributed by atoms with Crippen molar-refractivity contribution in [2.45, 2.75) is 26.9 Å². The zero-order valence-corrected chi connectivity index (χ0v) is 17.3. The van der Waals surface area contributed by atoms with Crippen molar-refractivity contribution in [2.24, 2.45) is 0 Å². The molecule has 1 aliphatic rings. The average Bonchev–Trinajstić information content (AvgIpc) is 3.01. The zero-order chi connectivity index (χ0) is 21.5. The number of urea groups is 1. The molecule has 30 heavy (non-hydrogen) atoms. The largest absolute Gasteiger partial charge is 0.490 e. The summed E-state index contributed by atoms with van der Waals surface area (Å²) in [6, 6.07) is 13.2. The van der Waals surface area contributed by atoms with Gasteiger partial charge in [0.15, 0.2) is 11.5 Å². The minimum atomic E-state index is -0.409. The number of carbonyl (C=O) groups excluding carboxylic acids is 2. The molecule has 1 aliphatic heterocycles. The Balaban J connectivity index is 1.96. The first-order valence-electron chi connectivity index (χ1n) is 9.99. The van der Waals surface area contributed by atoms with Gasteiger partial charge >= 0.3 is 6.03 Å². The molecule has 0 bridgehead atoms. The van der Waals surface area contributed by atoms with Crippen molar-refractivity contribution in [3.63, 3.8) is 0 Å². The van der Waals surface area contributed by atoms with Gasteiger partial charge in [-0.05, 0) is 49.6 Å². The number of hydrogen-bond acceptors (Lipinski definition) is 4. The Morgan fingerprint density at radius 2 is 1.87 bits per heavy atom. The summed E-state index contributed by atoms with van der Waals surface area (Å²) in [5.41, 5.74) is 2.92. The zero-order valence-electron chi connectivity index (χ0n) is 17.3. The highest BCUT2D eigenvalue weighted by atomic mass is 16.5. The van der Waals surface area contributed by atoms with Gasteiger partial charge in [-0.3, -0.25) is 9.69 Å². The van der Waals surface area contributed by atoms with Crippen LogP contribution in [-0.2, 0) is 17.8 Å². The first-order valence-corrected chi connectivity index (χ1v) is 9.99. The van der Waals surface area contributed by atoms with Crippen molar-refractivity contribution in [3.8, 4) is 11.5 Å². The first-order chi connectivity index (χ1) is 14.6. The molecular weight excluding hydrogens is 380 g/mol. The average molecular weight is 406 g/mol. The molecule has 0 atom stereocenters. The molecule has 6 nitrogen and oxygen atoms in total. The van der Waals surface area contributed by atoms with E-state index in [2.05, 4.69) is 11.9 Å². The monoisotopic (exact) mass is 406 g/mol. The van der Waals surface area contributed by atoms with E-state index in [0.29, 0.717) is 37.7 Å². The summed E-state index contributed by atoms with van der Waals surface area (Å²) in [6.07, 6.45) is 4.02. The predicted octanol–water partition coefficient (Wildman–Crippen LogP) is 4.31. The summed E-state index contributed by atoms with van der Waals surface area (Å²) in [5.74, 6) is 0.901. The molecule has 1 N–H and O–H groups in total. The van der Waals surface area contributed by atoms with Crippen LogP contribution in [0.15, 0.2) is 60.8 Å². The topological polar surface area (TPSA) is 67.9 Å². The van der Waals surface area contributed by atoms with Crippen LogP contribution in [0.2, 0.25) is 0 Å². The van der Waals surface area contributed by atoms with Gasteiger partial charge in [0.25, 0.3) is 5.91 Å². The lowest BCUT2D eigenvalue weighted by Gasteiger charge is -2.17. The lowest BCUT2D eigenvalue weighted by Crippen LogP contribution is -2.30. The van der Waals surface area contributed by atoms with Gasteiger partial charge in [0.2, 0.25) is 0 Å². The molecule has 3 amide bonds. The predicted molar refractivity (Wildman–Crippen MR) is 116 cm³/mol. The summed E-state index contributed by atoms with van der Waals surface area (Å²) in [4.78, 5) is 25.5. The van der Waals surface area contributed by atoms with E-state index >= 15 is 0 Å². The molecule has 2 aromatic rings. The van der Waals surface area contributed by atoms with Gasteiger partial charge in [-0.15, -0.1) is 6.58 Å². The van der Waals surface area contributed by atoms with Crippen LogP contribution in [0.1, 0.15) is 30.5 Å². The molecule has 0 spiro atoms. The molecule has 1 heterocycles. The molecule has 0 aromatic heterocycles. The first kappa shape index (κ1) is 21.2. The van der Waals surface area contributed by atoms with E-state index in [1.165, 1.54) is 0 Å². The molecule has 1 saturated heterocycles. The number of nitrogens with zero attached hydrogens (tertiary/aromatic N) is 1. The second-order valence-corrected chi connectivity index (χ2v) is 6.74. The van der Waals surface area contributed by atoms with Crippen molar-refractivity contribution < 1.29 is 19.1 Å². The molecule has 2 aromatic carbocycles. The SMILES string of the molecule is C=CCc1cc(C=C2NC(=O)N(CC)C2=O)cc(OCC)c1OCc1ccccc1. The molecule has 0 radical (unpaired) electrons. The van der Waals surface area contributed by atoms with Gasteiger partial charge in [-0.1, -0.05) is 36.4 Å². The van der Waals surface area contributed by atoms with E-state index < -0.39 is 6.03 Å². The van der Waals surface area contributed by atoms with Gasteiger partial charge in [0.1, 0.15) is 12.3 Å². The van der Waals surface area contributed by atoms with Crippen molar-refractivity contribution in [1.29, 1.82) is 0 Å². The lowest BCUT2D eigenvalue weighted by molar-refractivity contribution is -0.122. The summed E-state index contributed by atoms with van der Waals surface area (Å²) in [7, 11) is 0. The van der Waals surface area contributed by atoms with Crippen molar-refractivity contribution in [3.05, 3.63) is 77.5 Å². The minimum Gasteiger partial charge on any atom is -0.490 e. The molecular formula is C24H26N2O4. The number of benzene rings is 2. The third-order valence-electron chi connectivity index (χ3n) is 4.63. The second kappa shape index (κ2) is 9.78. The molecule has 156 valence electrons. The van der Waals surface area contributed by atoms with Crippen LogP contribution in [-0.4, -0.2) is 30.0 Å². The molecule has 6 heteroatoms. The van der Waals surface area contributed by atoms with Gasteiger partial charge in [-0.25, -0.2) is 4.79 Å². The van der Waals surface area contributed by atoms with Crippen LogP contribution in [0.3, 0.4) is 0 Å². The van der Waals surface area contributed by atoms with Crippen LogP contribution in [0.4, 0.5) is 4.79 Å². The maximum absolute atomic E-state index is 12.4. The fourth-order valence-corrected chi connectivity index (χ4v) is 3.26. The third kappa shape index (κ3) is 4.71. The van der Waals surface area contributed by atoms with E-state index in [9.17, 15) is 9.59 Å². The Morgan fingerprint density at radius 1 is 1.10 bits per heavy atom. The second-order valence-electron chi connectivity index (χ2n) is 6.74. The number of carbonyl (C=O) groups is 2. The van der Waals surface area contributed by atoms with Crippen LogP contribution in [0.25, 0.3) is 6.08 Å². The van der Waals surface area contributed by atoms with E-state index in [4.69, 9.17) is 9.47 Å². The fourth-order valence-electron chi connectivity index (χ4n) is 3.26. The highest BCUT2D eigenvalue weighted by Gasteiger charge is 2.32. The van der Waals surface area contributed by atoms with E-state index in [-0.39, 0.29) is 11.6 Å². The van der Waals surface area contributed by atoms with Gasteiger partial charge in [0.05, 0.1) is 6.61 Å². The standard InChI is InChI=1S/C24H26N2O4/c1-4-10-19-13-18(14-20-23(27)26(5-2)24(28)25-20)15-21(29-6-3)22(19)30-16-17-11-8-7-9-12-17/h4,7-9,11-15H,1,5-6,10,16H2,2-3H3,(H,25,28). The Kier molecular flexibility index (Phi) is 6.91. The van der Waals surface area contributed by atoms with Crippen LogP contribution >= 0.6 is 0 Å². The highest BCUT2D eigenvalue weighted by molar-refractivity contribution is 6.13. The van der Waals surface area contributed by atoms with Gasteiger partial charge in [-0.2, -0.15) is 0 Å². The normalized spacial score (nSPS) is 14.7. The summed E-state index contributed by atoms with van der Waals surface area (Å²) in [5, 5.41) is 2.62.